The van der Waals surface area contributed by atoms with Gasteiger partial charge in [-0.25, -0.2) is 4.68 Å². The summed E-state index contributed by atoms with van der Waals surface area (Å²) >= 11 is 1.28. The zero-order valence-corrected chi connectivity index (χ0v) is 11.0. The number of aromatic nitrogens is 4. The molecule has 20 heavy (non-hydrogen) atoms. The molecule has 1 saturated carbocycles. The molecule has 0 spiro atoms. The molecule has 1 aromatic heterocycles. The van der Waals surface area contributed by atoms with Gasteiger partial charge in [0.1, 0.15) is 0 Å². The summed E-state index contributed by atoms with van der Waals surface area (Å²) in [5.41, 5.74) is -0.156. The molecule has 1 fully saturated rings. The van der Waals surface area contributed by atoms with Gasteiger partial charge in [0.2, 0.25) is 5.16 Å². The first kappa shape index (κ1) is 12.7. The van der Waals surface area contributed by atoms with Gasteiger partial charge in [0, 0.05) is 11.0 Å². The predicted octanol–water partition coefficient (Wildman–Crippen LogP) is 1.88. The maximum Gasteiger partial charge on any atom is 0.279 e. The molecule has 0 radical (unpaired) electrons. The van der Waals surface area contributed by atoms with Crippen LogP contribution in [0.5, 0.6) is 0 Å². The molecule has 0 amide bonds. The van der Waals surface area contributed by atoms with Crippen LogP contribution < -0.4 is 0 Å². The third-order valence-corrected chi connectivity index (χ3v) is 3.83. The third kappa shape index (κ3) is 2.39. The maximum atomic E-state index is 10.9. The molecule has 1 aliphatic rings. The van der Waals surface area contributed by atoms with E-state index in [1.165, 1.54) is 23.9 Å². The van der Waals surface area contributed by atoms with E-state index in [2.05, 4.69) is 15.5 Å². The fourth-order valence-electron chi connectivity index (χ4n) is 1.76. The minimum absolute atomic E-state index is 0.0467. The molecule has 102 valence electrons. The van der Waals surface area contributed by atoms with Gasteiger partial charge in [0.25, 0.3) is 5.69 Å². The van der Waals surface area contributed by atoms with Gasteiger partial charge in [-0.3, -0.25) is 14.9 Å². The lowest BCUT2D eigenvalue weighted by Gasteiger charge is -2.03. The molecule has 0 bridgehead atoms. The van der Waals surface area contributed by atoms with Crippen LogP contribution in [-0.2, 0) is 0 Å². The van der Waals surface area contributed by atoms with Gasteiger partial charge >= 0.3 is 0 Å². The molecule has 0 atom stereocenters. The van der Waals surface area contributed by atoms with E-state index in [1.54, 1.807) is 10.7 Å². The number of carbonyl (C=O) groups excluding carboxylic acids is 1. The third-order valence-electron chi connectivity index (χ3n) is 2.89. The molecule has 1 aliphatic carbocycles. The minimum atomic E-state index is -0.577. The van der Waals surface area contributed by atoms with Gasteiger partial charge in [-0.2, -0.15) is 0 Å². The summed E-state index contributed by atoms with van der Waals surface area (Å²) < 4.78 is 1.74. The fourth-order valence-corrected chi connectivity index (χ4v) is 2.65. The Hall–Kier alpha value is -2.29. The van der Waals surface area contributed by atoms with Gasteiger partial charge in [-0.05, 0) is 47.2 Å². The van der Waals surface area contributed by atoms with Crippen molar-refractivity contribution in [2.75, 3.05) is 0 Å². The highest BCUT2D eigenvalue weighted by molar-refractivity contribution is 7.99. The molecule has 0 saturated heterocycles. The average Bonchev–Trinajstić information content (AvgIpc) is 3.19. The molecule has 8 nitrogen and oxygen atoms in total. The van der Waals surface area contributed by atoms with Crippen molar-refractivity contribution in [3.63, 3.8) is 0 Å². The number of nitrogens with zero attached hydrogens (tertiary/aromatic N) is 5. The number of carbonyl (C=O) groups is 1. The largest absolute Gasteiger partial charge is 0.298 e. The minimum Gasteiger partial charge on any atom is -0.298 e. The molecule has 0 unspecified atom stereocenters. The Morgan fingerprint density at radius 1 is 1.45 bits per heavy atom. The first-order valence-corrected chi connectivity index (χ1v) is 6.70. The molecule has 9 heteroatoms. The Kier molecular flexibility index (Phi) is 3.18. The normalized spacial score (nSPS) is 14.2. The SMILES string of the molecule is O=Cc1cc(Sc2nnnn2C2CC2)ccc1[N+](=O)[O-]. The lowest BCUT2D eigenvalue weighted by Crippen LogP contribution is -1.99. The van der Waals surface area contributed by atoms with Crippen LogP contribution in [0.3, 0.4) is 0 Å². The van der Waals surface area contributed by atoms with Crippen molar-refractivity contribution < 1.29 is 9.72 Å². The van der Waals surface area contributed by atoms with Crippen LogP contribution in [0.1, 0.15) is 29.2 Å². The number of hydrogen-bond donors (Lipinski definition) is 0. The number of hydrogen-bond acceptors (Lipinski definition) is 7. The van der Waals surface area contributed by atoms with Crippen LogP contribution in [0, 0.1) is 10.1 Å². The van der Waals surface area contributed by atoms with Crippen molar-refractivity contribution in [1.29, 1.82) is 0 Å². The first-order chi connectivity index (χ1) is 9.69. The van der Waals surface area contributed by atoms with E-state index in [0.717, 1.165) is 12.8 Å². The van der Waals surface area contributed by atoms with Crippen LogP contribution in [0.2, 0.25) is 0 Å². The Balaban J connectivity index is 1.89. The average molecular weight is 291 g/mol. The molecule has 1 aromatic carbocycles. The quantitative estimate of drug-likeness (QED) is 0.470. The van der Waals surface area contributed by atoms with Crippen LogP contribution >= 0.6 is 11.8 Å². The Morgan fingerprint density at radius 3 is 2.90 bits per heavy atom. The summed E-state index contributed by atoms with van der Waals surface area (Å²) in [6, 6.07) is 4.72. The van der Waals surface area contributed by atoms with Gasteiger partial charge < -0.3 is 0 Å². The number of nitro groups is 1. The van der Waals surface area contributed by atoms with Gasteiger partial charge in [-0.1, -0.05) is 0 Å². The Labute approximate surface area is 117 Å². The lowest BCUT2D eigenvalue weighted by molar-refractivity contribution is -0.385. The zero-order chi connectivity index (χ0) is 14.1. The van der Waals surface area contributed by atoms with Crippen molar-refractivity contribution in [2.24, 2.45) is 0 Å². The summed E-state index contributed by atoms with van der Waals surface area (Å²) in [5.74, 6) is 0. The van der Waals surface area contributed by atoms with Gasteiger partial charge in [0.05, 0.1) is 16.5 Å². The van der Waals surface area contributed by atoms with E-state index in [4.69, 9.17) is 0 Å². The second-order valence-corrected chi connectivity index (χ2v) is 5.38. The summed E-state index contributed by atoms with van der Waals surface area (Å²) in [6.07, 6.45) is 2.59. The first-order valence-electron chi connectivity index (χ1n) is 5.88. The Bertz CT molecular complexity index is 682. The van der Waals surface area contributed by atoms with Gasteiger partial charge in [-0.15, -0.1) is 5.10 Å². The molecule has 3 rings (SSSR count). The second-order valence-electron chi connectivity index (χ2n) is 4.33. The monoisotopic (exact) mass is 291 g/mol. The summed E-state index contributed by atoms with van der Waals surface area (Å²) in [5, 5.41) is 22.9. The predicted molar refractivity (Wildman–Crippen MR) is 68.7 cm³/mol. The van der Waals surface area contributed by atoms with Crippen molar-refractivity contribution in [1.82, 2.24) is 20.2 Å². The molecular weight excluding hydrogens is 282 g/mol. The lowest BCUT2D eigenvalue weighted by atomic mass is 10.2. The van der Waals surface area contributed by atoms with Crippen LogP contribution in [-0.4, -0.2) is 31.4 Å². The van der Waals surface area contributed by atoms with Crippen molar-refractivity contribution >= 4 is 23.7 Å². The van der Waals surface area contributed by atoms with E-state index in [0.29, 0.717) is 22.4 Å². The van der Waals surface area contributed by atoms with Crippen LogP contribution in [0.25, 0.3) is 0 Å². The zero-order valence-electron chi connectivity index (χ0n) is 10.2. The highest BCUT2D eigenvalue weighted by atomic mass is 32.2. The number of rotatable bonds is 5. The molecular formula is C11H9N5O3S. The van der Waals surface area contributed by atoms with E-state index in [-0.39, 0.29) is 11.3 Å². The summed E-state index contributed by atoms with van der Waals surface area (Å²) in [6.45, 7) is 0. The summed E-state index contributed by atoms with van der Waals surface area (Å²) in [4.78, 5) is 21.8. The van der Waals surface area contributed by atoms with E-state index < -0.39 is 4.92 Å². The standard InChI is InChI=1S/C11H9N5O3S/c17-6-7-5-9(3-4-10(7)16(18)19)20-11-12-13-14-15(11)8-1-2-8/h3-6,8H,1-2H2. The van der Waals surface area contributed by atoms with Gasteiger partial charge in [0.15, 0.2) is 6.29 Å². The van der Waals surface area contributed by atoms with E-state index in [9.17, 15) is 14.9 Å². The van der Waals surface area contributed by atoms with Crippen molar-refractivity contribution in [2.45, 2.75) is 28.9 Å². The molecule has 0 N–H and O–H groups in total. The molecule has 0 aliphatic heterocycles. The smallest absolute Gasteiger partial charge is 0.279 e. The maximum absolute atomic E-state index is 10.9. The van der Waals surface area contributed by atoms with Crippen molar-refractivity contribution in [3.8, 4) is 0 Å². The highest BCUT2D eigenvalue weighted by Crippen LogP contribution is 2.38. The topological polar surface area (TPSA) is 104 Å². The summed E-state index contributed by atoms with van der Waals surface area (Å²) in [7, 11) is 0. The molecule has 1 heterocycles. The molecule has 2 aromatic rings. The van der Waals surface area contributed by atoms with E-state index >= 15 is 0 Å². The number of tetrazole rings is 1. The number of nitro benzene ring substituents is 1. The number of benzene rings is 1. The van der Waals surface area contributed by atoms with Crippen LogP contribution in [0.4, 0.5) is 5.69 Å². The Morgan fingerprint density at radius 2 is 2.25 bits per heavy atom. The van der Waals surface area contributed by atoms with E-state index in [1.807, 2.05) is 0 Å². The van der Waals surface area contributed by atoms with Crippen molar-refractivity contribution in [3.05, 3.63) is 33.9 Å². The fraction of sp³-hybridized carbons (Fsp3) is 0.273. The van der Waals surface area contributed by atoms with Crippen LogP contribution in [0.15, 0.2) is 28.3 Å². The second kappa shape index (κ2) is 5.00. The number of aldehydes is 1. The highest BCUT2D eigenvalue weighted by Gasteiger charge is 2.28.